The summed E-state index contributed by atoms with van der Waals surface area (Å²) in [6.07, 6.45) is 0. The first-order valence-corrected chi connectivity index (χ1v) is 7.32. The average molecular weight is 303 g/mol. The zero-order chi connectivity index (χ0) is 15.2. The summed E-state index contributed by atoms with van der Waals surface area (Å²) in [6.45, 7) is 4.16. The van der Waals surface area contributed by atoms with Gasteiger partial charge in [-0.2, -0.15) is 0 Å². The number of amides is 1. The van der Waals surface area contributed by atoms with Gasteiger partial charge in [0.05, 0.1) is 6.04 Å². The Hall–Kier alpha value is -1.84. The van der Waals surface area contributed by atoms with E-state index >= 15 is 0 Å². The number of hydrogen-bond acceptors (Lipinski definition) is 2. The Kier molecular flexibility index (Phi) is 5.37. The standard InChI is InChI=1S/C17H19ClN2O/c1-12(2)16(14-10-6-7-11-15(14)18)19-20-17(21)13-8-4-3-5-9-13/h3-12,16,19H,1-2H3,(H,20,21). The largest absolute Gasteiger partial charge is 0.287 e. The number of carbonyl (C=O) groups excluding carboxylic acids is 1. The maximum atomic E-state index is 12.1. The van der Waals surface area contributed by atoms with Gasteiger partial charge in [0.2, 0.25) is 0 Å². The first-order valence-electron chi connectivity index (χ1n) is 6.95. The SMILES string of the molecule is CC(C)C(NNC(=O)c1ccccc1)c1ccccc1Cl. The summed E-state index contributed by atoms with van der Waals surface area (Å²) in [5.74, 6) is 0.120. The van der Waals surface area contributed by atoms with E-state index in [-0.39, 0.29) is 17.9 Å². The quantitative estimate of drug-likeness (QED) is 0.821. The summed E-state index contributed by atoms with van der Waals surface area (Å²) in [5, 5.41) is 0.692. The molecule has 0 saturated heterocycles. The van der Waals surface area contributed by atoms with E-state index in [2.05, 4.69) is 24.7 Å². The molecule has 0 aliphatic heterocycles. The van der Waals surface area contributed by atoms with Crippen LogP contribution in [0, 0.1) is 5.92 Å². The second-order valence-corrected chi connectivity index (χ2v) is 5.61. The number of hydrogen-bond donors (Lipinski definition) is 2. The highest BCUT2D eigenvalue weighted by Crippen LogP contribution is 2.27. The first-order chi connectivity index (χ1) is 10.1. The third kappa shape index (κ3) is 4.06. The van der Waals surface area contributed by atoms with E-state index in [1.54, 1.807) is 12.1 Å². The van der Waals surface area contributed by atoms with Crippen LogP contribution < -0.4 is 10.9 Å². The van der Waals surface area contributed by atoms with E-state index in [4.69, 9.17) is 11.6 Å². The molecular weight excluding hydrogens is 284 g/mol. The second-order valence-electron chi connectivity index (χ2n) is 5.21. The highest BCUT2D eigenvalue weighted by molar-refractivity contribution is 6.31. The number of halogens is 1. The number of hydrazine groups is 1. The van der Waals surface area contributed by atoms with Crippen LogP contribution in [0.5, 0.6) is 0 Å². The molecule has 110 valence electrons. The van der Waals surface area contributed by atoms with Gasteiger partial charge in [-0.1, -0.05) is 61.8 Å². The van der Waals surface area contributed by atoms with Crippen LogP contribution in [0.1, 0.15) is 35.8 Å². The maximum Gasteiger partial charge on any atom is 0.265 e. The monoisotopic (exact) mass is 302 g/mol. The molecule has 3 nitrogen and oxygen atoms in total. The lowest BCUT2D eigenvalue weighted by atomic mass is 9.97. The lowest BCUT2D eigenvalue weighted by molar-refractivity contribution is 0.0919. The van der Waals surface area contributed by atoms with Crippen molar-refractivity contribution in [3.63, 3.8) is 0 Å². The van der Waals surface area contributed by atoms with Gasteiger partial charge < -0.3 is 0 Å². The van der Waals surface area contributed by atoms with Crippen LogP contribution in [0.25, 0.3) is 0 Å². The third-order valence-corrected chi connectivity index (χ3v) is 3.63. The van der Waals surface area contributed by atoms with E-state index in [0.717, 1.165) is 5.56 Å². The topological polar surface area (TPSA) is 41.1 Å². The Morgan fingerprint density at radius 3 is 2.24 bits per heavy atom. The lowest BCUT2D eigenvalue weighted by Gasteiger charge is -2.24. The minimum Gasteiger partial charge on any atom is -0.287 e. The van der Waals surface area contributed by atoms with Gasteiger partial charge in [0.25, 0.3) is 5.91 Å². The van der Waals surface area contributed by atoms with Gasteiger partial charge in [-0.25, -0.2) is 5.43 Å². The Balaban J connectivity index is 2.08. The van der Waals surface area contributed by atoms with Gasteiger partial charge in [0, 0.05) is 10.6 Å². The molecule has 0 aliphatic carbocycles. The molecule has 0 fully saturated rings. The van der Waals surface area contributed by atoms with Gasteiger partial charge in [-0.15, -0.1) is 0 Å². The molecule has 2 rings (SSSR count). The van der Waals surface area contributed by atoms with Crippen LogP contribution in [0.3, 0.4) is 0 Å². The molecule has 2 aromatic carbocycles. The van der Waals surface area contributed by atoms with Gasteiger partial charge in [-0.05, 0) is 29.7 Å². The molecule has 0 bridgehead atoms. The minimum absolute atomic E-state index is 0.0497. The van der Waals surface area contributed by atoms with Crippen LogP contribution in [0.15, 0.2) is 54.6 Å². The predicted octanol–water partition coefficient (Wildman–Crippen LogP) is 3.97. The van der Waals surface area contributed by atoms with Crippen molar-refractivity contribution in [2.45, 2.75) is 19.9 Å². The van der Waals surface area contributed by atoms with E-state index in [1.165, 1.54) is 0 Å². The number of benzene rings is 2. The minimum atomic E-state index is -0.159. The molecule has 0 aliphatic rings. The Labute approximate surface area is 130 Å². The maximum absolute atomic E-state index is 12.1. The summed E-state index contributed by atoms with van der Waals surface area (Å²) in [6, 6.07) is 16.7. The van der Waals surface area contributed by atoms with E-state index in [0.29, 0.717) is 10.6 Å². The molecule has 21 heavy (non-hydrogen) atoms. The van der Waals surface area contributed by atoms with Crippen molar-refractivity contribution in [3.05, 3.63) is 70.7 Å². The fourth-order valence-corrected chi connectivity index (χ4v) is 2.39. The number of nitrogens with one attached hydrogen (secondary N) is 2. The van der Waals surface area contributed by atoms with Gasteiger partial charge in [-0.3, -0.25) is 10.2 Å². The van der Waals surface area contributed by atoms with E-state index < -0.39 is 0 Å². The average Bonchev–Trinajstić information content (AvgIpc) is 2.49. The van der Waals surface area contributed by atoms with Crippen molar-refractivity contribution in [1.82, 2.24) is 10.9 Å². The summed E-state index contributed by atoms with van der Waals surface area (Å²) in [4.78, 5) is 12.1. The smallest absolute Gasteiger partial charge is 0.265 e. The van der Waals surface area contributed by atoms with Crippen LogP contribution in [-0.4, -0.2) is 5.91 Å². The molecule has 0 spiro atoms. The third-order valence-electron chi connectivity index (χ3n) is 3.28. The highest BCUT2D eigenvalue weighted by Gasteiger charge is 2.18. The molecule has 2 N–H and O–H groups in total. The number of rotatable bonds is 5. The fraction of sp³-hybridized carbons (Fsp3) is 0.235. The van der Waals surface area contributed by atoms with Gasteiger partial charge >= 0.3 is 0 Å². The Morgan fingerprint density at radius 2 is 1.62 bits per heavy atom. The summed E-state index contributed by atoms with van der Waals surface area (Å²) in [7, 11) is 0. The molecule has 0 radical (unpaired) electrons. The fourth-order valence-electron chi connectivity index (χ4n) is 2.14. The normalized spacial score (nSPS) is 12.2. The Bertz CT molecular complexity index is 599. The van der Waals surface area contributed by atoms with Crippen molar-refractivity contribution in [2.24, 2.45) is 5.92 Å². The summed E-state index contributed by atoms with van der Waals surface area (Å²) in [5.41, 5.74) is 7.44. The van der Waals surface area contributed by atoms with Gasteiger partial charge in [0.15, 0.2) is 0 Å². The molecule has 4 heteroatoms. The molecular formula is C17H19ClN2O. The van der Waals surface area contributed by atoms with Crippen LogP contribution in [-0.2, 0) is 0 Å². The lowest BCUT2D eigenvalue weighted by Crippen LogP contribution is -2.41. The van der Waals surface area contributed by atoms with Crippen molar-refractivity contribution in [1.29, 1.82) is 0 Å². The molecule has 2 aromatic rings. The van der Waals surface area contributed by atoms with Crippen LogP contribution in [0.4, 0.5) is 0 Å². The van der Waals surface area contributed by atoms with Gasteiger partial charge in [0.1, 0.15) is 0 Å². The number of carbonyl (C=O) groups is 1. The summed E-state index contributed by atoms with van der Waals surface area (Å²) < 4.78 is 0. The molecule has 0 saturated carbocycles. The molecule has 1 atom stereocenters. The zero-order valence-electron chi connectivity index (χ0n) is 12.1. The zero-order valence-corrected chi connectivity index (χ0v) is 12.9. The first kappa shape index (κ1) is 15.5. The van der Waals surface area contributed by atoms with Crippen molar-refractivity contribution in [2.75, 3.05) is 0 Å². The van der Waals surface area contributed by atoms with Crippen molar-refractivity contribution < 1.29 is 4.79 Å². The van der Waals surface area contributed by atoms with E-state index in [9.17, 15) is 4.79 Å². The molecule has 0 heterocycles. The molecule has 0 aromatic heterocycles. The highest BCUT2D eigenvalue weighted by atomic mass is 35.5. The summed E-state index contributed by atoms with van der Waals surface area (Å²) >= 11 is 6.24. The molecule has 1 amide bonds. The van der Waals surface area contributed by atoms with Crippen LogP contribution in [0.2, 0.25) is 5.02 Å². The predicted molar refractivity (Wildman–Crippen MR) is 86.1 cm³/mol. The van der Waals surface area contributed by atoms with Crippen molar-refractivity contribution >= 4 is 17.5 Å². The van der Waals surface area contributed by atoms with Crippen molar-refractivity contribution in [3.8, 4) is 0 Å². The molecule has 1 unspecified atom stereocenters. The van der Waals surface area contributed by atoms with Crippen LogP contribution >= 0.6 is 11.6 Å². The Morgan fingerprint density at radius 1 is 1.00 bits per heavy atom. The van der Waals surface area contributed by atoms with E-state index in [1.807, 2.05) is 42.5 Å². The second kappa shape index (κ2) is 7.25.